The molecule has 3 nitrogen and oxygen atoms in total. The van der Waals surface area contributed by atoms with E-state index < -0.39 is 0 Å². The van der Waals surface area contributed by atoms with E-state index >= 15 is 0 Å². The number of benzene rings is 1. The van der Waals surface area contributed by atoms with Crippen molar-refractivity contribution in [3.63, 3.8) is 0 Å². The van der Waals surface area contributed by atoms with Gasteiger partial charge in [-0.15, -0.1) is 0 Å². The average molecular weight is 294 g/mol. The van der Waals surface area contributed by atoms with Gasteiger partial charge < -0.3 is 15.4 Å². The van der Waals surface area contributed by atoms with Gasteiger partial charge in [0, 0.05) is 25.7 Å². The molecule has 2 atom stereocenters. The van der Waals surface area contributed by atoms with Crippen LogP contribution < -0.4 is 10.6 Å². The summed E-state index contributed by atoms with van der Waals surface area (Å²) in [4.78, 5) is 2.17. The summed E-state index contributed by atoms with van der Waals surface area (Å²) < 4.78 is 19.7. The van der Waals surface area contributed by atoms with Crippen molar-refractivity contribution in [3.8, 4) is 0 Å². The molecule has 4 heteroatoms. The molecule has 0 aliphatic heterocycles. The highest BCUT2D eigenvalue weighted by Crippen LogP contribution is 2.38. The Kier molecular flexibility index (Phi) is 5.59. The largest absolute Gasteiger partial charge is 0.383 e. The minimum Gasteiger partial charge on any atom is -0.383 e. The number of nitrogens with two attached hydrogens (primary N) is 1. The summed E-state index contributed by atoms with van der Waals surface area (Å²) in [7, 11) is 1.68. The van der Waals surface area contributed by atoms with E-state index in [4.69, 9.17) is 10.5 Å². The lowest BCUT2D eigenvalue weighted by atomic mass is 10.0. The van der Waals surface area contributed by atoms with Crippen molar-refractivity contribution in [2.75, 3.05) is 25.2 Å². The zero-order valence-corrected chi connectivity index (χ0v) is 13.3. The third-order valence-electron chi connectivity index (χ3n) is 4.23. The van der Waals surface area contributed by atoms with E-state index in [0.29, 0.717) is 37.2 Å². The van der Waals surface area contributed by atoms with Crippen LogP contribution in [0.2, 0.25) is 0 Å². The monoisotopic (exact) mass is 294 g/mol. The van der Waals surface area contributed by atoms with Crippen LogP contribution in [0.4, 0.5) is 10.1 Å². The Hall–Kier alpha value is -1.13. The molecule has 1 fully saturated rings. The summed E-state index contributed by atoms with van der Waals surface area (Å²) in [6.45, 7) is 5.46. The summed E-state index contributed by atoms with van der Waals surface area (Å²) >= 11 is 0. The van der Waals surface area contributed by atoms with Crippen LogP contribution in [0.3, 0.4) is 0 Å². The van der Waals surface area contributed by atoms with E-state index in [1.54, 1.807) is 19.2 Å². The van der Waals surface area contributed by atoms with Crippen LogP contribution in [0, 0.1) is 11.7 Å². The van der Waals surface area contributed by atoms with Gasteiger partial charge in [0.2, 0.25) is 0 Å². The average Bonchev–Trinajstić information content (AvgIpc) is 3.25. The Labute approximate surface area is 127 Å². The standard InChI is InChI=1S/C17H27FN2O/c1-12(19)11-15-5-4-6-16(18)17(15)20(9-10-21-3)13(2)14-7-8-14/h4-6,12-14H,7-11,19H2,1-3H3. The maximum Gasteiger partial charge on any atom is 0.146 e. The first kappa shape index (κ1) is 16.2. The van der Waals surface area contributed by atoms with E-state index in [1.807, 2.05) is 13.0 Å². The van der Waals surface area contributed by atoms with Crippen LogP contribution in [0.1, 0.15) is 32.3 Å². The van der Waals surface area contributed by atoms with Gasteiger partial charge in [0.05, 0.1) is 12.3 Å². The van der Waals surface area contributed by atoms with Crippen molar-refractivity contribution in [1.82, 2.24) is 0 Å². The molecular weight excluding hydrogens is 267 g/mol. The number of halogens is 1. The van der Waals surface area contributed by atoms with Crippen LogP contribution in [0.15, 0.2) is 18.2 Å². The number of rotatable bonds is 8. The van der Waals surface area contributed by atoms with E-state index in [-0.39, 0.29) is 11.9 Å². The van der Waals surface area contributed by atoms with Crippen molar-refractivity contribution in [3.05, 3.63) is 29.6 Å². The fourth-order valence-electron chi connectivity index (χ4n) is 2.94. The number of anilines is 1. The number of hydrogen-bond donors (Lipinski definition) is 1. The van der Waals surface area contributed by atoms with Gasteiger partial charge in [-0.1, -0.05) is 12.1 Å². The van der Waals surface area contributed by atoms with Gasteiger partial charge in [0.1, 0.15) is 5.82 Å². The van der Waals surface area contributed by atoms with Crippen molar-refractivity contribution < 1.29 is 9.13 Å². The Morgan fingerprint density at radius 2 is 2.10 bits per heavy atom. The zero-order chi connectivity index (χ0) is 15.4. The number of nitrogens with zero attached hydrogens (tertiary/aromatic N) is 1. The third kappa shape index (κ3) is 4.17. The van der Waals surface area contributed by atoms with Gasteiger partial charge in [0.15, 0.2) is 0 Å². The van der Waals surface area contributed by atoms with Crippen molar-refractivity contribution in [2.24, 2.45) is 11.7 Å². The zero-order valence-electron chi connectivity index (χ0n) is 13.3. The molecule has 0 radical (unpaired) electrons. The molecule has 2 N–H and O–H groups in total. The van der Waals surface area contributed by atoms with Gasteiger partial charge in [-0.05, 0) is 50.7 Å². The van der Waals surface area contributed by atoms with E-state index in [9.17, 15) is 4.39 Å². The predicted octanol–water partition coefficient (Wildman–Crippen LogP) is 2.97. The summed E-state index contributed by atoms with van der Waals surface area (Å²) in [6.07, 6.45) is 3.16. The molecule has 0 aromatic heterocycles. The second-order valence-corrected chi connectivity index (χ2v) is 6.19. The lowest BCUT2D eigenvalue weighted by molar-refractivity contribution is 0.202. The molecule has 0 spiro atoms. The van der Waals surface area contributed by atoms with Gasteiger partial charge in [-0.2, -0.15) is 0 Å². The van der Waals surface area contributed by atoms with Crippen LogP contribution >= 0.6 is 0 Å². The predicted molar refractivity (Wildman–Crippen MR) is 85.2 cm³/mol. The minimum absolute atomic E-state index is 0.0195. The maximum absolute atomic E-state index is 14.5. The van der Waals surface area contributed by atoms with Gasteiger partial charge in [-0.3, -0.25) is 0 Å². The molecule has 2 rings (SSSR count). The fraction of sp³-hybridized carbons (Fsp3) is 0.647. The Morgan fingerprint density at radius 3 is 2.67 bits per heavy atom. The van der Waals surface area contributed by atoms with Crippen LogP contribution in [0.5, 0.6) is 0 Å². The molecule has 118 valence electrons. The quantitative estimate of drug-likeness (QED) is 0.801. The highest BCUT2D eigenvalue weighted by molar-refractivity contribution is 5.56. The maximum atomic E-state index is 14.5. The summed E-state index contributed by atoms with van der Waals surface area (Å²) in [5, 5.41) is 0. The van der Waals surface area contributed by atoms with Gasteiger partial charge in [0.25, 0.3) is 0 Å². The lowest BCUT2D eigenvalue weighted by Gasteiger charge is -2.33. The van der Waals surface area contributed by atoms with Crippen LogP contribution in [0.25, 0.3) is 0 Å². The SMILES string of the molecule is COCCN(c1c(F)cccc1CC(C)N)C(C)C1CC1. The van der Waals surface area contributed by atoms with E-state index in [0.717, 1.165) is 5.56 Å². The Morgan fingerprint density at radius 1 is 1.38 bits per heavy atom. The fourth-order valence-corrected chi connectivity index (χ4v) is 2.94. The Bertz CT molecular complexity index is 460. The molecule has 0 heterocycles. The first-order valence-electron chi connectivity index (χ1n) is 7.83. The molecule has 1 aromatic carbocycles. The number of methoxy groups -OCH3 is 1. The summed E-state index contributed by atoms with van der Waals surface area (Å²) in [5.74, 6) is 0.515. The molecule has 0 saturated heterocycles. The molecule has 0 bridgehead atoms. The van der Waals surface area contributed by atoms with Crippen molar-refractivity contribution in [2.45, 2.75) is 45.2 Å². The van der Waals surface area contributed by atoms with Crippen LogP contribution in [-0.4, -0.2) is 32.3 Å². The number of ether oxygens (including phenoxy) is 1. The third-order valence-corrected chi connectivity index (χ3v) is 4.23. The molecular formula is C17H27FN2O. The lowest BCUT2D eigenvalue weighted by Crippen LogP contribution is -2.39. The number of para-hydroxylation sites is 1. The molecule has 2 unspecified atom stereocenters. The van der Waals surface area contributed by atoms with Crippen LogP contribution in [-0.2, 0) is 11.2 Å². The molecule has 21 heavy (non-hydrogen) atoms. The molecule has 1 aliphatic rings. The number of hydrogen-bond acceptors (Lipinski definition) is 3. The first-order valence-corrected chi connectivity index (χ1v) is 7.83. The molecule has 1 aliphatic carbocycles. The minimum atomic E-state index is -0.156. The summed E-state index contributed by atoms with van der Waals surface area (Å²) in [6, 6.07) is 5.66. The highest BCUT2D eigenvalue weighted by Gasteiger charge is 2.33. The van der Waals surface area contributed by atoms with E-state index in [2.05, 4.69) is 11.8 Å². The van der Waals surface area contributed by atoms with Crippen molar-refractivity contribution in [1.29, 1.82) is 0 Å². The topological polar surface area (TPSA) is 38.5 Å². The molecule has 1 aromatic rings. The van der Waals surface area contributed by atoms with Gasteiger partial charge >= 0.3 is 0 Å². The Balaban J connectivity index is 2.32. The second-order valence-electron chi connectivity index (χ2n) is 6.19. The smallest absolute Gasteiger partial charge is 0.146 e. The first-order chi connectivity index (χ1) is 10.0. The summed E-state index contributed by atoms with van der Waals surface area (Å²) in [5.41, 5.74) is 7.63. The molecule has 0 amide bonds. The van der Waals surface area contributed by atoms with Crippen molar-refractivity contribution >= 4 is 5.69 Å². The molecule has 1 saturated carbocycles. The highest BCUT2D eigenvalue weighted by atomic mass is 19.1. The van der Waals surface area contributed by atoms with E-state index in [1.165, 1.54) is 12.8 Å². The normalized spacial score (nSPS) is 17.6. The second kappa shape index (κ2) is 7.23. The van der Waals surface area contributed by atoms with Gasteiger partial charge in [-0.25, -0.2) is 4.39 Å².